The van der Waals surface area contributed by atoms with Crippen molar-refractivity contribution in [3.8, 4) is 0 Å². The van der Waals surface area contributed by atoms with E-state index < -0.39 is 0 Å². The Kier molecular flexibility index (Phi) is 6.54. The molecule has 1 N–H and O–H groups in total. The van der Waals surface area contributed by atoms with Crippen LogP contribution in [0.5, 0.6) is 0 Å². The molecule has 1 aliphatic carbocycles. The normalized spacial score (nSPS) is 40.1. The zero-order valence-corrected chi connectivity index (χ0v) is 18.2. The van der Waals surface area contributed by atoms with E-state index in [9.17, 15) is 4.79 Å². The highest BCUT2D eigenvalue weighted by atomic mass is 16.6. The van der Waals surface area contributed by atoms with Crippen molar-refractivity contribution in [2.75, 3.05) is 20.3 Å². The standard InChI is InChI=1S/C22H37NO5/c1-7-15(4)23-12-18(24)27-16-10-11-22(13-26-22)20(19(16)25-6)21(5)17(28-21)9-8-14(2)3/h8,15-17,19-20,23H,7,9-13H2,1-6H3/t15?,16-,17-,19-,20-,21+,22+/m1/s1. The molecular weight excluding hydrogens is 358 g/mol. The van der Waals surface area contributed by atoms with Crippen LogP contribution in [0, 0.1) is 5.92 Å². The monoisotopic (exact) mass is 395 g/mol. The van der Waals surface area contributed by atoms with Crippen molar-refractivity contribution >= 4 is 5.97 Å². The molecule has 0 radical (unpaired) electrons. The number of hydrogen-bond acceptors (Lipinski definition) is 6. The summed E-state index contributed by atoms with van der Waals surface area (Å²) in [6.07, 6.45) is 5.41. The molecule has 3 fully saturated rings. The van der Waals surface area contributed by atoms with Crippen LogP contribution < -0.4 is 5.32 Å². The minimum atomic E-state index is -0.302. The summed E-state index contributed by atoms with van der Waals surface area (Å²) >= 11 is 0. The van der Waals surface area contributed by atoms with E-state index in [1.807, 2.05) is 0 Å². The van der Waals surface area contributed by atoms with Crippen molar-refractivity contribution in [3.05, 3.63) is 11.6 Å². The topological polar surface area (TPSA) is 72.6 Å². The number of allylic oxidation sites excluding steroid dienone is 1. The van der Waals surface area contributed by atoms with Gasteiger partial charge in [0, 0.05) is 13.2 Å². The van der Waals surface area contributed by atoms with Crippen molar-refractivity contribution in [2.24, 2.45) is 5.92 Å². The second kappa shape index (κ2) is 8.42. The zero-order valence-electron chi connectivity index (χ0n) is 18.2. The number of rotatable bonds is 9. The van der Waals surface area contributed by atoms with Crippen LogP contribution >= 0.6 is 0 Å². The van der Waals surface area contributed by atoms with E-state index in [0.717, 1.165) is 32.3 Å². The summed E-state index contributed by atoms with van der Waals surface area (Å²) in [6.45, 7) is 11.5. The molecule has 2 saturated heterocycles. The Bertz CT molecular complexity index is 598. The molecule has 1 spiro atoms. The van der Waals surface area contributed by atoms with Gasteiger partial charge in [-0.05, 0) is 53.4 Å². The maximum atomic E-state index is 12.4. The Hall–Kier alpha value is -0.950. The average molecular weight is 396 g/mol. The van der Waals surface area contributed by atoms with Crippen LogP contribution in [0.2, 0.25) is 0 Å². The molecule has 2 heterocycles. The van der Waals surface area contributed by atoms with E-state index in [1.54, 1.807) is 7.11 Å². The fourth-order valence-electron chi connectivity index (χ4n) is 4.68. The number of epoxide rings is 2. The van der Waals surface area contributed by atoms with Gasteiger partial charge >= 0.3 is 5.97 Å². The molecule has 1 saturated carbocycles. The second-order valence-corrected chi connectivity index (χ2v) is 9.10. The highest BCUT2D eigenvalue weighted by molar-refractivity contribution is 5.72. The minimum absolute atomic E-state index is 0.0645. The van der Waals surface area contributed by atoms with Gasteiger partial charge in [0.1, 0.15) is 23.4 Å². The Balaban J connectivity index is 1.67. The van der Waals surface area contributed by atoms with E-state index in [4.69, 9.17) is 18.9 Å². The average Bonchev–Trinajstić information content (AvgIpc) is 3.57. The molecule has 0 aromatic heterocycles. The molecule has 6 heteroatoms. The van der Waals surface area contributed by atoms with Gasteiger partial charge in [0.25, 0.3) is 0 Å². The van der Waals surface area contributed by atoms with E-state index in [0.29, 0.717) is 6.04 Å². The number of esters is 1. The summed E-state index contributed by atoms with van der Waals surface area (Å²) in [6, 6.07) is 0.294. The third-order valence-corrected chi connectivity index (χ3v) is 6.73. The van der Waals surface area contributed by atoms with E-state index in [1.165, 1.54) is 5.57 Å². The summed E-state index contributed by atoms with van der Waals surface area (Å²) in [5.74, 6) is -0.156. The molecule has 3 rings (SSSR count). The van der Waals surface area contributed by atoms with Crippen LogP contribution in [-0.2, 0) is 23.7 Å². The van der Waals surface area contributed by atoms with Gasteiger partial charge in [0.05, 0.1) is 25.2 Å². The van der Waals surface area contributed by atoms with Gasteiger partial charge in [0.15, 0.2) is 0 Å². The summed E-state index contributed by atoms with van der Waals surface area (Å²) < 4.78 is 23.9. The SMILES string of the molecule is CCC(C)NCC(=O)O[C@@H]1CC[C@]2(CO2)[C@@H]([C@@]2(C)O[C@@H]2CC=C(C)C)[C@@H]1OC. The lowest BCUT2D eigenvalue weighted by atomic mass is 9.68. The Morgan fingerprint density at radius 3 is 2.68 bits per heavy atom. The van der Waals surface area contributed by atoms with Crippen molar-refractivity contribution < 1.29 is 23.7 Å². The highest BCUT2D eigenvalue weighted by Crippen LogP contribution is 2.59. The molecule has 0 amide bonds. The summed E-state index contributed by atoms with van der Waals surface area (Å²) in [5, 5.41) is 3.20. The molecule has 160 valence electrons. The number of ether oxygens (including phenoxy) is 4. The van der Waals surface area contributed by atoms with Gasteiger partial charge in [-0.2, -0.15) is 0 Å². The molecule has 0 bridgehead atoms. The van der Waals surface area contributed by atoms with Gasteiger partial charge < -0.3 is 24.3 Å². The summed E-state index contributed by atoms with van der Waals surface area (Å²) in [5.41, 5.74) is 0.804. The van der Waals surface area contributed by atoms with Crippen molar-refractivity contribution in [1.82, 2.24) is 5.32 Å². The molecule has 2 aliphatic heterocycles. The van der Waals surface area contributed by atoms with Gasteiger partial charge in [-0.25, -0.2) is 0 Å². The first-order valence-corrected chi connectivity index (χ1v) is 10.7. The van der Waals surface area contributed by atoms with Crippen LogP contribution in [0.25, 0.3) is 0 Å². The molecule has 28 heavy (non-hydrogen) atoms. The first-order chi connectivity index (χ1) is 13.3. The molecular formula is C22H37NO5. The number of nitrogens with one attached hydrogen (secondary N) is 1. The summed E-state index contributed by atoms with van der Waals surface area (Å²) in [4.78, 5) is 12.4. The van der Waals surface area contributed by atoms with Crippen LogP contribution in [0.15, 0.2) is 11.6 Å². The molecule has 1 unspecified atom stereocenters. The number of carbonyl (C=O) groups excluding carboxylic acids is 1. The third-order valence-electron chi connectivity index (χ3n) is 6.73. The lowest BCUT2D eigenvalue weighted by Gasteiger charge is -2.42. The van der Waals surface area contributed by atoms with Crippen molar-refractivity contribution in [2.45, 2.75) is 95.9 Å². The van der Waals surface area contributed by atoms with Gasteiger partial charge in [0.2, 0.25) is 0 Å². The first kappa shape index (κ1) is 21.8. The van der Waals surface area contributed by atoms with Crippen LogP contribution in [0.1, 0.15) is 60.3 Å². The van der Waals surface area contributed by atoms with Crippen molar-refractivity contribution in [1.29, 1.82) is 0 Å². The van der Waals surface area contributed by atoms with Crippen LogP contribution in [-0.4, -0.2) is 61.8 Å². The van der Waals surface area contributed by atoms with Gasteiger partial charge in [-0.3, -0.25) is 4.79 Å². The van der Waals surface area contributed by atoms with E-state index in [2.05, 4.69) is 46.0 Å². The number of carbonyl (C=O) groups is 1. The van der Waals surface area contributed by atoms with Gasteiger partial charge in [-0.15, -0.1) is 0 Å². The Morgan fingerprint density at radius 1 is 1.39 bits per heavy atom. The lowest BCUT2D eigenvalue weighted by Crippen LogP contribution is -2.56. The van der Waals surface area contributed by atoms with Gasteiger partial charge in [-0.1, -0.05) is 18.6 Å². The number of methoxy groups -OCH3 is 1. The first-order valence-electron chi connectivity index (χ1n) is 10.7. The predicted molar refractivity (Wildman–Crippen MR) is 107 cm³/mol. The van der Waals surface area contributed by atoms with E-state index in [-0.39, 0.29) is 47.9 Å². The second-order valence-electron chi connectivity index (χ2n) is 9.10. The van der Waals surface area contributed by atoms with Crippen LogP contribution in [0.4, 0.5) is 0 Å². The van der Waals surface area contributed by atoms with Crippen molar-refractivity contribution in [3.63, 3.8) is 0 Å². The third kappa shape index (κ3) is 4.45. The van der Waals surface area contributed by atoms with E-state index >= 15 is 0 Å². The zero-order chi connectivity index (χ0) is 20.5. The maximum absolute atomic E-state index is 12.4. The fraction of sp³-hybridized carbons (Fsp3) is 0.864. The highest BCUT2D eigenvalue weighted by Gasteiger charge is 2.72. The molecule has 7 atom stereocenters. The summed E-state index contributed by atoms with van der Waals surface area (Å²) in [7, 11) is 1.70. The largest absolute Gasteiger partial charge is 0.459 e. The fourth-order valence-corrected chi connectivity index (χ4v) is 4.68. The predicted octanol–water partition coefficient (Wildman–Crippen LogP) is 2.99. The molecule has 0 aromatic rings. The molecule has 6 nitrogen and oxygen atoms in total. The lowest BCUT2D eigenvalue weighted by molar-refractivity contribution is -0.171. The van der Waals surface area contributed by atoms with Crippen LogP contribution in [0.3, 0.4) is 0 Å². The minimum Gasteiger partial charge on any atom is -0.459 e. The Labute approximate surface area is 169 Å². The number of hydrogen-bond donors (Lipinski definition) is 1. The Morgan fingerprint density at radius 2 is 2.11 bits per heavy atom. The quantitative estimate of drug-likeness (QED) is 0.368. The smallest absolute Gasteiger partial charge is 0.320 e. The molecule has 3 aliphatic rings. The maximum Gasteiger partial charge on any atom is 0.320 e. The molecule has 0 aromatic carbocycles.